The average Bonchev–Trinajstić information content (AvgIpc) is 0. The normalized spacial score (nSPS) is 0. The molecule has 0 aliphatic rings. The molecule has 0 bridgehead atoms. The van der Waals surface area contributed by atoms with Crippen molar-refractivity contribution in [2.24, 2.45) is 0 Å². The zero-order valence-electron chi connectivity index (χ0n) is 4.03. The third kappa shape index (κ3) is 279. The Balaban J connectivity index is 0. The molecule has 0 spiro atoms. The standard InChI is InChI=1S/3H2O.4O.Ta.Zr/h3*1H2;;;;;;/q;;;4*-2;+5;+4/p-1. The van der Waals surface area contributed by atoms with Gasteiger partial charge in [0.05, 0.1) is 0 Å². The summed E-state index contributed by atoms with van der Waals surface area (Å²) in [5.74, 6) is 0. The molecule has 0 aromatic carbocycles. The summed E-state index contributed by atoms with van der Waals surface area (Å²) in [6.07, 6.45) is 0. The molecule has 0 saturated carbocycles. The van der Waals surface area contributed by atoms with Gasteiger partial charge in [0, 0.05) is 0 Å². The van der Waals surface area contributed by atoms with Crippen molar-refractivity contribution in [1.29, 1.82) is 0 Å². The van der Waals surface area contributed by atoms with Crippen LogP contribution in [0.4, 0.5) is 0 Å². The molecule has 7 nitrogen and oxygen atoms in total. The zero-order valence-corrected chi connectivity index (χ0v) is 9.70. The van der Waals surface area contributed by atoms with Crippen LogP contribution >= 0.6 is 0 Å². The maximum absolute atomic E-state index is 0. The van der Waals surface area contributed by atoms with Gasteiger partial charge in [0.1, 0.15) is 0 Å². The SMILES string of the molecule is O.O.[O-2].[O-2].[O-2].[O-2].[OH-].[Ta+5].[Zr+4]. The second-order valence-electron chi connectivity index (χ2n) is 0. The molecule has 0 radical (unpaired) electrons. The first-order valence-electron chi connectivity index (χ1n) is 0. The molecule has 56 valence electrons. The van der Waals surface area contributed by atoms with E-state index in [-0.39, 0.29) is 86.9 Å². The van der Waals surface area contributed by atoms with Gasteiger partial charge in [0.25, 0.3) is 0 Å². The van der Waals surface area contributed by atoms with Crippen molar-refractivity contribution in [3.05, 3.63) is 0 Å². The van der Waals surface area contributed by atoms with Crippen molar-refractivity contribution >= 4 is 0 Å². The van der Waals surface area contributed by atoms with Crippen LogP contribution in [0.3, 0.4) is 0 Å². The van der Waals surface area contributed by atoms with Gasteiger partial charge in [-0.25, -0.2) is 0 Å². The van der Waals surface area contributed by atoms with Crippen LogP contribution in [0.2, 0.25) is 0 Å². The third-order valence-electron chi connectivity index (χ3n) is 0. The maximum Gasteiger partial charge on any atom is 5.00 e. The monoisotopic (exact) mass is 388 g/mol. The summed E-state index contributed by atoms with van der Waals surface area (Å²) in [6, 6.07) is 0. The minimum absolute atomic E-state index is 0. The van der Waals surface area contributed by atoms with Gasteiger partial charge in [-0.3, -0.25) is 0 Å². The van der Waals surface area contributed by atoms with Gasteiger partial charge in [-0.2, -0.15) is 0 Å². The van der Waals surface area contributed by atoms with Gasteiger partial charge in [-0.05, 0) is 0 Å². The van der Waals surface area contributed by atoms with Crippen LogP contribution in [0.25, 0.3) is 0 Å². The fourth-order valence-corrected chi connectivity index (χ4v) is 0. The second kappa shape index (κ2) is 360. The largest absolute Gasteiger partial charge is 5.00 e. The molecule has 0 fully saturated rings. The Labute approximate surface area is 86.6 Å². The van der Waals surface area contributed by atoms with Crippen LogP contribution < -0.4 is 0 Å². The molecule has 0 atom stereocenters. The van der Waals surface area contributed by atoms with Gasteiger partial charge in [0.2, 0.25) is 0 Å². The van der Waals surface area contributed by atoms with Crippen LogP contribution in [0.1, 0.15) is 0 Å². The Morgan fingerprint density at radius 3 is 0.556 bits per heavy atom. The van der Waals surface area contributed by atoms with E-state index in [1.54, 1.807) is 0 Å². The molecule has 0 amide bonds. The van der Waals surface area contributed by atoms with E-state index in [0.29, 0.717) is 0 Å². The van der Waals surface area contributed by atoms with Crippen molar-refractivity contribution in [2.75, 3.05) is 0 Å². The molecule has 0 saturated heterocycles. The van der Waals surface area contributed by atoms with E-state index in [1.165, 1.54) is 0 Å². The van der Waals surface area contributed by atoms with Gasteiger partial charge in [0.15, 0.2) is 0 Å². The Morgan fingerprint density at radius 2 is 0.556 bits per heavy atom. The Kier molecular flexibility index (Phi) is 20000. The molecule has 0 aromatic rings. The van der Waals surface area contributed by atoms with E-state index in [4.69, 9.17) is 0 Å². The van der Waals surface area contributed by atoms with Crippen LogP contribution in [0.15, 0.2) is 0 Å². The summed E-state index contributed by atoms with van der Waals surface area (Å²) in [6.45, 7) is 0. The predicted octanol–water partition coefficient (Wildman–Crippen LogP) is -2.31. The van der Waals surface area contributed by atoms with E-state index in [1.807, 2.05) is 0 Å². The number of hydrogen-bond acceptors (Lipinski definition) is 1. The molecular formula is H5O7TaZr. The first-order valence-corrected chi connectivity index (χ1v) is 0. The molecule has 0 aromatic heterocycles. The molecule has 0 heterocycles. The minimum atomic E-state index is 0. The molecule has 9 heavy (non-hydrogen) atoms. The summed E-state index contributed by atoms with van der Waals surface area (Å²) in [5, 5.41) is 0. The van der Waals surface area contributed by atoms with Gasteiger partial charge in [-0.1, -0.05) is 0 Å². The fourth-order valence-electron chi connectivity index (χ4n) is 0. The minimum Gasteiger partial charge on any atom is -2.00 e. The van der Waals surface area contributed by atoms with Crippen LogP contribution in [-0.2, 0) is 70.5 Å². The van der Waals surface area contributed by atoms with Crippen molar-refractivity contribution < 1.29 is 86.9 Å². The zero-order chi connectivity index (χ0) is 0. The number of rotatable bonds is 0. The summed E-state index contributed by atoms with van der Waals surface area (Å²) in [5.41, 5.74) is 0. The predicted molar refractivity (Wildman–Crippen MR) is 11.9 cm³/mol. The van der Waals surface area contributed by atoms with Gasteiger partial charge in [-0.15, -0.1) is 0 Å². The van der Waals surface area contributed by atoms with Crippen molar-refractivity contribution in [1.82, 2.24) is 0 Å². The molecule has 0 aliphatic heterocycles. The Morgan fingerprint density at radius 1 is 0.556 bits per heavy atom. The van der Waals surface area contributed by atoms with E-state index < -0.39 is 0 Å². The van der Waals surface area contributed by atoms with Crippen molar-refractivity contribution in [2.45, 2.75) is 0 Å². The van der Waals surface area contributed by atoms with E-state index in [9.17, 15) is 0 Å². The first-order chi connectivity index (χ1) is 0. The second-order valence-corrected chi connectivity index (χ2v) is 0. The molecule has 5 N–H and O–H groups in total. The first kappa shape index (κ1) is 500. The summed E-state index contributed by atoms with van der Waals surface area (Å²) in [4.78, 5) is 0. The van der Waals surface area contributed by atoms with Crippen molar-refractivity contribution in [3.8, 4) is 0 Å². The van der Waals surface area contributed by atoms with Gasteiger partial charge >= 0.3 is 48.6 Å². The summed E-state index contributed by atoms with van der Waals surface area (Å²) < 4.78 is 0. The number of hydrogen-bond donors (Lipinski definition) is 0. The van der Waals surface area contributed by atoms with Crippen LogP contribution in [0, 0.1) is 0 Å². The topological polar surface area (TPSA) is 207 Å². The molecule has 0 rings (SSSR count). The third-order valence-corrected chi connectivity index (χ3v) is 0. The average molecular weight is 389 g/mol. The Hall–Kier alpha value is 1.34. The smallest absolute Gasteiger partial charge is 2.00 e. The van der Waals surface area contributed by atoms with E-state index >= 15 is 0 Å². The Bertz CT molecular complexity index is 8.88. The fraction of sp³-hybridized carbons (Fsp3) is 0. The summed E-state index contributed by atoms with van der Waals surface area (Å²) in [7, 11) is 0. The van der Waals surface area contributed by atoms with E-state index in [2.05, 4.69) is 0 Å². The van der Waals surface area contributed by atoms with E-state index in [0.717, 1.165) is 0 Å². The van der Waals surface area contributed by atoms with Crippen molar-refractivity contribution in [3.63, 3.8) is 0 Å². The quantitative estimate of drug-likeness (QED) is 0.440. The van der Waals surface area contributed by atoms with Gasteiger partial charge < -0.3 is 38.3 Å². The summed E-state index contributed by atoms with van der Waals surface area (Å²) >= 11 is 0. The molecule has 9 heteroatoms. The van der Waals surface area contributed by atoms with Crippen LogP contribution in [0.5, 0.6) is 0 Å². The molecule has 0 aliphatic carbocycles. The maximum atomic E-state index is 0. The molecule has 0 unspecified atom stereocenters. The van der Waals surface area contributed by atoms with Crippen LogP contribution in [-0.4, -0.2) is 16.4 Å². The molecular weight excluding hydrogens is 384 g/mol.